The first-order chi connectivity index (χ1) is 14.7. The van der Waals surface area contributed by atoms with E-state index in [1.54, 1.807) is 6.92 Å². The summed E-state index contributed by atoms with van der Waals surface area (Å²) in [5.74, 6) is 6.95. The summed E-state index contributed by atoms with van der Waals surface area (Å²) in [4.78, 5) is 5.22. The molecule has 3 heterocycles. The van der Waals surface area contributed by atoms with Crippen molar-refractivity contribution in [2.75, 3.05) is 46.0 Å². The van der Waals surface area contributed by atoms with Crippen molar-refractivity contribution < 1.29 is 14.9 Å². The lowest BCUT2D eigenvalue weighted by atomic mass is 9.74. The van der Waals surface area contributed by atoms with Crippen LogP contribution in [0.3, 0.4) is 0 Å². The molecule has 164 valence electrons. The van der Waals surface area contributed by atoms with Gasteiger partial charge in [-0.15, -0.1) is 0 Å². The molecule has 0 unspecified atom stereocenters. The first-order valence-electron chi connectivity index (χ1n) is 11.6. The van der Waals surface area contributed by atoms with Crippen molar-refractivity contribution in [3.8, 4) is 11.8 Å². The van der Waals surface area contributed by atoms with Gasteiger partial charge in [-0.3, -0.25) is 4.90 Å². The van der Waals surface area contributed by atoms with E-state index in [1.807, 2.05) is 12.1 Å². The molecule has 0 saturated carbocycles. The second-order valence-electron chi connectivity index (χ2n) is 9.17. The molecule has 5 nitrogen and oxygen atoms in total. The van der Waals surface area contributed by atoms with Crippen LogP contribution in [0.4, 0.5) is 0 Å². The van der Waals surface area contributed by atoms with E-state index in [0.29, 0.717) is 12.0 Å². The summed E-state index contributed by atoms with van der Waals surface area (Å²) in [6, 6.07) is 9.11. The van der Waals surface area contributed by atoms with Crippen molar-refractivity contribution in [1.29, 1.82) is 0 Å². The highest BCUT2D eigenvalue weighted by Crippen LogP contribution is 2.42. The summed E-state index contributed by atoms with van der Waals surface area (Å²) >= 11 is 0. The minimum Gasteiger partial charge on any atom is -0.395 e. The molecule has 0 aromatic heterocycles. The predicted octanol–water partition coefficient (Wildman–Crippen LogP) is 2.07. The van der Waals surface area contributed by atoms with Gasteiger partial charge in [0.15, 0.2) is 0 Å². The fourth-order valence-electron chi connectivity index (χ4n) is 5.45. The number of ether oxygens (including phenoxy) is 1. The van der Waals surface area contributed by atoms with Crippen molar-refractivity contribution in [2.45, 2.75) is 56.7 Å². The first kappa shape index (κ1) is 21.8. The zero-order valence-corrected chi connectivity index (χ0v) is 18.2. The lowest BCUT2D eigenvalue weighted by Gasteiger charge is -2.57. The Balaban J connectivity index is 1.47. The number of aliphatic hydroxyl groups is 2. The van der Waals surface area contributed by atoms with Crippen molar-refractivity contribution in [3.63, 3.8) is 0 Å². The number of nitrogens with zero attached hydrogens (tertiary/aromatic N) is 2. The average Bonchev–Trinajstić information content (AvgIpc) is 2.74. The van der Waals surface area contributed by atoms with E-state index in [0.717, 1.165) is 37.8 Å². The zero-order chi connectivity index (χ0) is 20.9. The van der Waals surface area contributed by atoms with Crippen LogP contribution >= 0.6 is 0 Å². The van der Waals surface area contributed by atoms with Crippen molar-refractivity contribution in [3.05, 3.63) is 35.4 Å². The fraction of sp³-hybridized carbons (Fsp3) is 0.680. The second kappa shape index (κ2) is 10.3. The van der Waals surface area contributed by atoms with E-state index in [4.69, 9.17) is 4.74 Å². The van der Waals surface area contributed by atoms with Gasteiger partial charge in [-0.05, 0) is 69.3 Å². The van der Waals surface area contributed by atoms with Gasteiger partial charge in [0.2, 0.25) is 0 Å². The van der Waals surface area contributed by atoms with Crippen LogP contribution in [0.2, 0.25) is 0 Å². The fourth-order valence-corrected chi connectivity index (χ4v) is 5.45. The minimum atomic E-state index is -0.611. The minimum absolute atomic E-state index is 0.213. The summed E-state index contributed by atoms with van der Waals surface area (Å²) in [6.07, 6.45) is 4.20. The molecule has 4 atom stereocenters. The van der Waals surface area contributed by atoms with Gasteiger partial charge in [-0.2, -0.15) is 0 Å². The molecule has 0 amide bonds. The monoisotopic (exact) mass is 412 g/mol. The lowest BCUT2D eigenvalue weighted by molar-refractivity contribution is -0.0677. The van der Waals surface area contributed by atoms with Crippen LogP contribution < -0.4 is 0 Å². The molecule has 5 heteroatoms. The number of aliphatic hydroxyl groups excluding tert-OH is 2. The molecular formula is C25H36N2O3. The molecule has 0 radical (unpaired) electrons. The van der Waals surface area contributed by atoms with E-state index in [9.17, 15) is 10.2 Å². The van der Waals surface area contributed by atoms with Crippen LogP contribution in [0, 0.1) is 17.8 Å². The standard InChI is InChI=1S/C25H36N2O3/c1-19(29)4-5-20-6-8-22(9-7-20)25-23-17-26(16-21-10-14-30-15-11-21)12-2-3-13-27(23)24(25)18-28/h6-9,19,21,23-25,28-29H,2-3,10-18H2,1H3/t19-,23-,24+,25+/m1/s1. The third-order valence-electron chi connectivity index (χ3n) is 7.03. The third-order valence-corrected chi connectivity index (χ3v) is 7.03. The third kappa shape index (κ3) is 5.07. The Hall–Kier alpha value is -1.42. The Morgan fingerprint density at radius 1 is 1.13 bits per heavy atom. The SMILES string of the molecule is C[C@@H](O)C#Cc1ccc([C@H]2[C@H]3CN(CC4CCOCC4)CCCCN3[C@H]2CO)cc1. The number of rotatable bonds is 4. The Bertz CT molecular complexity index is 733. The summed E-state index contributed by atoms with van der Waals surface area (Å²) in [7, 11) is 0. The first-order valence-corrected chi connectivity index (χ1v) is 11.6. The van der Waals surface area contributed by atoms with Gasteiger partial charge >= 0.3 is 0 Å². The average molecular weight is 413 g/mol. The largest absolute Gasteiger partial charge is 0.395 e. The van der Waals surface area contributed by atoms with Gasteiger partial charge in [-0.25, -0.2) is 0 Å². The van der Waals surface area contributed by atoms with Crippen LogP contribution in [0.1, 0.15) is 49.7 Å². The molecular weight excluding hydrogens is 376 g/mol. The highest BCUT2D eigenvalue weighted by atomic mass is 16.5. The van der Waals surface area contributed by atoms with Crippen LogP contribution in [-0.2, 0) is 4.74 Å². The summed E-state index contributed by atoms with van der Waals surface area (Å²) < 4.78 is 5.55. The Morgan fingerprint density at radius 2 is 1.87 bits per heavy atom. The normalized spacial score (nSPS) is 29.6. The maximum absolute atomic E-state index is 10.1. The molecule has 0 spiro atoms. The number of benzene rings is 1. The second-order valence-corrected chi connectivity index (χ2v) is 9.17. The van der Waals surface area contributed by atoms with Gasteiger partial charge in [0.05, 0.1) is 6.61 Å². The Labute approximate surface area is 181 Å². The quantitative estimate of drug-likeness (QED) is 0.742. The van der Waals surface area contributed by atoms with Crippen LogP contribution in [-0.4, -0.2) is 84.2 Å². The molecule has 2 N–H and O–H groups in total. The van der Waals surface area contributed by atoms with Crippen molar-refractivity contribution in [2.24, 2.45) is 5.92 Å². The van der Waals surface area contributed by atoms with Gasteiger partial charge in [-0.1, -0.05) is 24.0 Å². The highest BCUT2D eigenvalue weighted by Gasteiger charge is 2.49. The molecule has 3 saturated heterocycles. The van der Waals surface area contributed by atoms with E-state index in [-0.39, 0.29) is 12.6 Å². The van der Waals surface area contributed by atoms with E-state index in [2.05, 4.69) is 33.8 Å². The topological polar surface area (TPSA) is 56.2 Å². The number of fused-ring (bicyclic) bond motifs is 1. The van der Waals surface area contributed by atoms with E-state index in [1.165, 1.54) is 44.3 Å². The van der Waals surface area contributed by atoms with Crippen molar-refractivity contribution in [1.82, 2.24) is 9.80 Å². The molecule has 30 heavy (non-hydrogen) atoms. The molecule has 4 rings (SSSR count). The van der Waals surface area contributed by atoms with Crippen molar-refractivity contribution >= 4 is 0 Å². The summed E-state index contributed by atoms with van der Waals surface area (Å²) in [5.41, 5.74) is 2.22. The van der Waals surface area contributed by atoms with Crippen LogP contribution in [0.25, 0.3) is 0 Å². The maximum Gasteiger partial charge on any atom is 0.112 e. The van der Waals surface area contributed by atoms with Crippen LogP contribution in [0.5, 0.6) is 0 Å². The number of hydrogen-bond acceptors (Lipinski definition) is 5. The van der Waals surface area contributed by atoms with Gasteiger partial charge in [0.25, 0.3) is 0 Å². The molecule has 3 fully saturated rings. The smallest absolute Gasteiger partial charge is 0.112 e. The molecule has 0 bridgehead atoms. The summed E-state index contributed by atoms with van der Waals surface area (Å²) in [6.45, 7) is 8.25. The lowest BCUT2D eigenvalue weighted by Crippen LogP contribution is -2.67. The molecule has 0 aliphatic carbocycles. The molecule has 1 aromatic rings. The van der Waals surface area contributed by atoms with E-state index >= 15 is 0 Å². The molecule has 3 aliphatic heterocycles. The van der Waals surface area contributed by atoms with Crippen LogP contribution in [0.15, 0.2) is 24.3 Å². The Morgan fingerprint density at radius 3 is 2.57 bits per heavy atom. The number of hydrogen-bond donors (Lipinski definition) is 2. The zero-order valence-electron chi connectivity index (χ0n) is 18.2. The van der Waals surface area contributed by atoms with Gasteiger partial charge in [0.1, 0.15) is 6.10 Å². The van der Waals surface area contributed by atoms with E-state index < -0.39 is 6.10 Å². The van der Waals surface area contributed by atoms with Gasteiger partial charge in [0, 0.05) is 49.9 Å². The predicted molar refractivity (Wildman–Crippen MR) is 118 cm³/mol. The van der Waals surface area contributed by atoms with Gasteiger partial charge < -0.3 is 19.8 Å². The highest BCUT2D eigenvalue weighted by molar-refractivity contribution is 5.39. The Kier molecular flexibility index (Phi) is 7.45. The summed E-state index contributed by atoms with van der Waals surface area (Å²) in [5, 5.41) is 19.5. The molecule has 1 aromatic carbocycles. The maximum atomic E-state index is 10.1. The molecule has 3 aliphatic rings.